The summed E-state index contributed by atoms with van der Waals surface area (Å²) in [5.74, 6) is 0. The van der Waals surface area contributed by atoms with Crippen molar-refractivity contribution in [2.45, 2.75) is 18.4 Å². The predicted octanol–water partition coefficient (Wildman–Crippen LogP) is 1.99. The Morgan fingerprint density at radius 1 is 1.57 bits per heavy atom. The second-order valence-electron chi connectivity index (χ2n) is 2.65. The van der Waals surface area contributed by atoms with Gasteiger partial charge in [0.1, 0.15) is 0 Å². The SMILES string of the molecule is Nc1c(CO)ncc(CBr)c1C(F)F. The molecule has 3 nitrogen and oxygen atoms in total. The van der Waals surface area contributed by atoms with Crippen LogP contribution in [0, 0.1) is 0 Å². The summed E-state index contributed by atoms with van der Waals surface area (Å²) in [5, 5.41) is 9.05. The Hall–Kier alpha value is -0.750. The second kappa shape index (κ2) is 4.65. The zero-order valence-corrected chi connectivity index (χ0v) is 8.76. The molecule has 0 fully saturated rings. The van der Waals surface area contributed by atoms with E-state index in [1.54, 1.807) is 0 Å². The first kappa shape index (κ1) is 11.3. The molecule has 0 aromatic carbocycles. The summed E-state index contributed by atoms with van der Waals surface area (Å²) in [5.41, 5.74) is 5.50. The maximum Gasteiger partial charge on any atom is 0.266 e. The van der Waals surface area contributed by atoms with Crippen LogP contribution in [0.2, 0.25) is 0 Å². The fourth-order valence-electron chi connectivity index (χ4n) is 1.11. The molecule has 3 N–H and O–H groups in total. The third-order valence-electron chi connectivity index (χ3n) is 1.84. The Kier molecular flexibility index (Phi) is 3.77. The summed E-state index contributed by atoms with van der Waals surface area (Å²) in [4.78, 5) is 3.77. The summed E-state index contributed by atoms with van der Waals surface area (Å²) in [6.45, 7) is -0.436. The van der Waals surface area contributed by atoms with Crippen molar-refractivity contribution in [1.82, 2.24) is 4.98 Å². The van der Waals surface area contributed by atoms with Gasteiger partial charge in [0, 0.05) is 17.1 Å². The van der Waals surface area contributed by atoms with E-state index in [0.29, 0.717) is 5.56 Å². The van der Waals surface area contributed by atoms with Crippen molar-refractivity contribution >= 4 is 21.6 Å². The fraction of sp³-hybridized carbons (Fsp3) is 0.375. The lowest BCUT2D eigenvalue weighted by molar-refractivity contribution is 0.151. The van der Waals surface area contributed by atoms with Crippen molar-refractivity contribution in [2.24, 2.45) is 0 Å². The van der Waals surface area contributed by atoms with Gasteiger partial charge in [-0.05, 0) is 5.56 Å². The lowest BCUT2D eigenvalue weighted by atomic mass is 10.1. The fourth-order valence-corrected chi connectivity index (χ4v) is 1.56. The number of rotatable bonds is 3. The number of nitrogens with two attached hydrogens (primary N) is 1. The number of aliphatic hydroxyl groups is 1. The molecule has 0 amide bonds. The molecule has 0 atom stereocenters. The Morgan fingerprint density at radius 2 is 2.21 bits per heavy atom. The molecule has 6 heteroatoms. The van der Waals surface area contributed by atoms with E-state index in [2.05, 4.69) is 20.9 Å². The van der Waals surface area contributed by atoms with Gasteiger partial charge in [0.05, 0.1) is 18.0 Å². The molecular formula is C8H9BrF2N2O. The van der Waals surface area contributed by atoms with E-state index in [1.807, 2.05) is 0 Å². The number of pyridine rings is 1. The van der Waals surface area contributed by atoms with Crippen LogP contribution in [-0.4, -0.2) is 10.1 Å². The largest absolute Gasteiger partial charge is 0.397 e. The zero-order valence-electron chi connectivity index (χ0n) is 7.17. The van der Waals surface area contributed by atoms with E-state index in [9.17, 15) is 8.78 Å². The normalized spacial score (nSPS) is 10.9. The zero-order chi connectivity index (χ0) is 10.7. The first-order valence-electron chi connectivity index (χ1n) is 3.82. The number of aliphatic hydroxyl groups excluding tert-OH is 1. The van der Waals surface area contributed by atoms with Gasteiger partial charge in [-0.25, -0.2) is 8.78 Å². The third-order valence-corrected chi connectivity index (χ3v) is 2.44. The van der Waals surface area contributed by atoms with Gasteiger partial charge in [-0.15, -0.1) is 0 Å². The van der Waals surface area contributed by atoms with Gasteiger partial charge < -0.3 is 10.8 Å². The predicted molar refractivity (Wildman–Crippen MR) is 52.2 cm³/mol. The molecule has 0 aliphatic carbocycles. The molecule has 1 heterocycles. The van der Waals surface area contributed by atoms with Crippen molar-refractivity contribution in [3.63, 3.8) is 0 Å². The van der Waals surface area contributed by atoms with E-state index in [-0.39, 0.29) is 22.3 Å². The number of aromatic nitrogens is 1. The highest BCUT2D eigenvalue weighted by atomic mass is 79.9. The molecular weight excluding hydrogens is 258 g/mol. The minimum atomic E-state index is -2.66. The van der Waals surface area contributed by atoms with Gasteiger partial charge in [-0.1, -0.05) is 15.9 Å². The maximum absolute atomic E-state index is 12.6. The van der Waals surface area contributed by atoms with Gasteiger partial charge in [-0.2, -0.15) is 0 Å². The summed E-state index contributed by atoms with van der Waals surface area (Å²) in [6.07, 6.45) is -1.37. The highest BCUT2D eigenvalue weighted by molar-refractivity contribution is 9.08. The number of hydrogen-bond donors (Lipinski definition) is 2. The number of halogens is 3. The van der Waals surface area contributed by atoms with Crippen LogP contribution in [0.5, 0.6) is 0 Å². The molecule has 0 radical (unpaired) electrons. The second-order valence-corrected chi connectivity index (χ2v) is 3.21. The van der Waals surface area contributed by atoms with E-state index >= 15 is 0 Å². The minimum Gasteiger partial charge on any atom is -0.397 e. The lowest BCUT2D eigenvalue weighted by Gasteiger charge is -2.11. The molecule has 0 saturated carbocycles. The summed E-state index contributed by atoms with van der Waals surface area (Å²) in [6, 6.07) is 0. The molecule has 0 bridgehead atoms. The molecule has 78 valence electrons. The van der Waals surface area contributed by atoms with Crippen molar-refractivity contribution in [2.75, 3.05) is 5.73 Å². The molecule has 1 aromatic rings. The van der Waals surface area contributed by atoms with Crippen molar-refractivity contribution in [3.05, 3.63) is 23.0 Å². The molecule has 1 rings (SSSR count). The molecule has 1 aromatic heterocycles. The third kappa shape index (κ3) is 2.01. The Bertz CT molecular complexity index is 333. The molecule has 0 spiro atoms. The van der Waals surface area contributed by atoms with Crippen LogP contribution >= 0.6 is 15.9 Å². The monoisotopic (exact) mass is 266 g/mol. The molecule has 0 unspecified atom stereocenters. The Balaban J connectivity index is 3.31. The first-order chi connectivity index (χ1) is 6.61. The molecule has 0 aliphatic heterocycles. The number of nitrogen functional groups attached to an aromatic ring is 1. The molecule has 0 saturated heterocycles. The van der Waals surface area contributed by atoms with Gasteiger partial charge in [0.25, 0.3) is 6.43 Å². The average Bonchev–Trinajstić information content (AvgIpc) is 2.16. The van der Waals surface area contributed by atoms with E-state index in [4.69, 9.17) is 10.8 Å². The number of nitrogens with zero attached hydrogens (tertiary/aromatic N) is 1. The van der Waals surface area contributed by atoms with Crippen LogP contribution in [0.4, 0.5) is 14.5 Å². The van der Waals surface area contributed by atoms with Gasteiger partial charge in [-0.3, -0.25) is 4.98 Å². The van der Waals surface area contributed by atoms with Crippen LogP contribution in [-0.2, 0) is 11.9 Å². The minimum absolute atomic E-state index is 0.0880. The number of anilines is 1. The summed E-state index contributed by atoms with van der Waals surface area (Å²) < 4.78 is 25.2. The standard InChI is InChI=1S/C8H9BrF2N2O/c9-1-4-2-13-5(3-14)7(12)6(4)8(10)11/h2,8,14H,1,3,12H2. The summed E-state index contributed by atoms with van der Waals surface area (Å²) >= 11 is 3.07. The van der Waals surface area contributed by atoms with Crippen LogP contribution in [0.3, 0.4) is 0 Å². The first-order valence-corrected chi connectivity index (χ1v) is 4.95. The Morgan fingerprint density at radius 3 is 2.64 bits per heavy atom. The van der Waals surface area contributed by atoms with Crippen molar-refractivity contribution in [1.29, 1.82) is 0 Å². The Labute approximate surface area is 88.1 Å². The van der Waals surface area contributed by atoms with Crippen LogP contribution in [0.25, 0.3) is 0 Å². The topological polar surface area (TPSA) is 59.1 Å². The van der Waals surface area contributed by atoms with E-state index < -0.39 is 13.0 Å². The van der Waals surface area contributed by atoms with Crippen molar-refractivity contribution in [3.8, 4) is 0 Å². The van der Waals surface area contributed by atoms with Gasteiger partial charge >= 0.3 is 0 Å². The van der Waals surface area contributed by atoms with E-state index in [1.165, 1.54) is 6.20 Å². The number of alkyl halides is 3. The molecule has 0 aliphatic rings. The van der Waals surface area contributed by atoms with E-state index in [0.717, 1.165) is 0 Å². The van der Waals surface area contributed by atoms with Crippen molar-refractivity contribution < 1.29 is 13.9 Å². The summed E-state index contributed by atoms with van der Waals surface area (Å²) in [7, 11) is 0. The average molecular weight is 267 g/mol. The highest BCUT2D eigenvalue weighted by Gasteiger charge is 2.19. The maximum atomic E-state index is 12.6. The highest BCUT2D eigenvalue weighted by Crippen LogP contribution is 2.31. The lowest BCUT2D eigenvalue weighted by Crippen LogP contribution is -2.06. The van der Waals surface area contributed by atoms with Crippen LogP contribution in [0.15, 0.2) is 6.20 Å². The van der Waals surface area contributed by atoms with Gasteiger partial charge in [0.2, 0.25) is 0 Å². The molecule has 14 heavy (non-hydrogen) atoms. The number of hydrogen-bond acceptors (Lipinski definition) is 3. The van der Waals surface area contributed by atoms with Crippen LogP contribution < -0.4 is 5.73 Å². The van der Waals surface area contributed by atoms with Crippen LogP contribution in [0.1, 0.15) is 23.2 Å². The van der Waals surface area contributed by atoms with Gasteiger partial charge in [0.15, 0.2) is 0 Å². The smallest absolute Gasteiger partial charge is 0.266 e. The quantitative estimate of drug-likeness (QED) is 0.823.